The van der Waals surface area contributed by atoms with E-state index in [2.05, 4.69) is 42.1 Å². The normalized spacial score (nSPS) is 11.7. The summed E-state index contributed by atoms with van der Waals surface area (Å²) in [5.74, 6) is -4.07. The number of aromatic nitrogens is 5. The van der Waals surface area contributed by atoms with Gasteiger partial charge >= 0.3 is 5.92 Å². The minimum atomic E-state index is -3.53. The monoisotopic (exact) mass is 514 g/mol. The first-order chi connectivity index (χ1) is 18.2. The number of alkyl halides is 2. The third-order valence-corrected chi connectivity index (χ3v) is 5.74. The first-order valence-electron chi connectivity index (χ1n) is 11.7. The highest BCUT2D eigenvalue weighted by molar-refractivity contribution is 5.98. The molecule has 0 spiro atoms. The highest BCUT2D eigenvalue weighted by Gasteiger charge is 2.39. The SMILES string of the molecule is C=CC(=O)Nc1cccc(C(F)(F)c2nc(Nc3ccc4nc(CN(C)C)ccc4c3)nc3nc[nH]c23)c1. The van der Waals surface area contributed by atoms with Gasteiger partial charge in [0.2, 0.25) is 11.9 Å². The van der Waals surface area contributed by atoms with Crippen LogP contribution < -0.4 is 10.6 Å². The van der Waals surface area contributed by atoms with Crippen molar-refractivity contribution >= 4 is 45.3 Å². The van der Waals surface area contributed by atoms with Crippen LogP contribution in [-0.4, -0.2) is 49.8 Å². The Hall–Kier alpha value is -4.77. The molecule has 0 saturated carbocycles. The summed E-state index contributed by atoms with van der Waals surface area (Å²) in [4.78, 5) is 33.6. The van der Waals surface area contributed by atoms with E-state index in [1.807, 2.05) is 43.3 Å². The lowest BCUT2D eigenvalue weighted by Gasteiger charge is -2.18. The second-order valence-electron chi connectivity index (χ2n) is 8.92. The predicted octanol–water partition coefficient (Wildman–Crippen LogP) is 4.97. The first-order valence-corrected chi connectivity index (χ1v) is 11.7. The minimum Gasteiger partial charge on any atom is -0.342 e. The molecule has 0 aliphatic carbocycles. The molecule has 0 fully saturated rings. The van der Waals surface area contributed by atoms with Gasteiger partial charge in [0, 0.05) is 28.9 Å². The van der Waals surface area contributed by atoms with Crippen molar-refractivity contribution in [2.24, 2.45) is 0 Å². The van der Waals surface area contributed by atoms with Crippen molar-refractivity contribution in [1.29, 1.82) is 0 Å². The number of imidazole rings is 1. The second kappa shape index (κ2) is 9.94. The van der Waals surface area contributed by atoms with Crippen LogP contribution in [0.15, 0.2) is 73.6 Å². The minimum absolute atomic E-state index is 0.0113. The quantitative estimate of drug-likeness (QED) is 0.251. The number of fused-ring (bicyclic) bond motifs is 2. The lowest BCUT2D eigenvalue weighted by molar-refractivity contribution is -0.111. The van der Waals surface area contributed by atoms with E-state index in [0.29, 0.717) is 12.2 Å². The van der Waals surface area contributed by atoms with E-state index in [1.165, 1.54) is 30.6 Å². The molecule has 3 N–H and O–H groups in total. The van der Waals surface area contributed by atoms with Gasteiger partial charge in [-0.05, 0) is 56.6 Å². The van der Waals surface area contributed by atoms with Gasteiger partial charge in [0.1, 0.15) is 11.2 Å². The molecule has 0 radical (unpaired) electrons. The molecule has 0 atom stereocenters. The van der Waals surface area contributed by atoms with Crippen LogP contribution in [0.4, 0.5) is 26.1 Å². The Labute approximate surface area is 216 Å². The molecule has 0 unspecified atom stereocenters. The predicted molar refractivity (Wildman–Crippen MR) is 142 cm³/mol. The topological polar surface area (TPSA) is 112 Å². The van der Waals surface area contributed by atoms with Crippen LogP contribution in [0.2, 0.25) is 0 Å². The summed E-state index contributed by atoms with van der Waals surface area (Å²) >= 11 is 0. The highest BCUT2D eigenvalue weighted by atomic mass is 19.3. The summed E-state index contributed by atoms with van der Waals surface area (Å²) in [6.07, 6.45) is 2.35. The van der Waals surface area contributed by atoms with Crippen molar-refractivity contribution in [3.63, 3.8) is 0 Å². The van der Waals surface area contributed by atoms with Crippen LogP contribution in [0.3, 0.4) is 0 Å². The Morgan fingerprint density at radius 2 is 1.92 bits per heavy atom. The van der Waals surface area contributed by atoms with E-state index in [-0.39, 0.29) is 28.4 Å². The lowest BCUT2D eigenvalue weighted by atomic mass is 10.0. The molecule has 1 amide bonds. The van der Waals surface area contributed by atoms with E-state index < -0.39 is 17.5 Å². The number of benzene rings is 2. The fraction of sp³-hybridized carbons (Fsp3) is 0.148. The number of anilines is 3. The Bertz CT molecular complexity index is 1660. The maximum Gasteiger partial charge on any atom is 0.317 e. The fourth-order valence-corrected chi connectivity index (χ4v) is 4.03. The number of H-pyrrole nitrogens is 1. The number of rotatable bonds is 8. The van der Waals surface area contributed by atoms with Crippen LogP contribution in [-0.2, 0) is 17.3 Å². The average Bonchev–Trinajstić information content (AvgIpc) is 3.36. The van der Waals surface area contributed by atoms with Gasteiger partial charge in [0.15, 0.2) is 5.65 Å². The first kappa shape index (κ1) is 24.9. The molecule has 3 heterocycles. The largest absolute Gasteiger partial charge is 0.342 e. The van der Waals surface area contributed by atoms with Gasteiger partial charge in [-0.3, -0.25) is 9.78 Å². The molecule has 5 aromatic rings. The number of pyridine rings is 1. The van der Waals surface area contributed by atoms with E-state index in [0.717, 1.165) is 22.7 Å². The fourth-order valence-electron chi connectivity index (χ4n) is 4.03. The van der Waals surface area contributed by atoms with Crippen molar-refractivity contribution in [1.82, 2.24) is 29.8 Å². The Kier molecular flexibility index (Phi) is 6.52. The maximum atomic E-state index is 15.8. The van der Waals surface area contributed by atoms with Crippen molar-refractivity contribution in [2.45, 2.75) is 12.5 Å². The van der Waals surface area contributed by atoms with Crippen LogP contribution in [0, 0.1) is 0 Å². The van der Waals surface area contributed by atoms with Crippen molar-refractivity contribution in [3.05, 3.63) is 90.5 Å². The van der Waals surface area contributed by atoms with E-state index in [1.54, 1.807) is 6.07 Å². The number of aromatic amines is 1. The molecule has 0 bridgehead atoms. The average molecular weight is 515 g/mol. The number of nitrogens with one attached hydrogen (secondary N) is 3. The van der Waals surface area contributed by atoms with Crippen LogP contribution in [0.1, 0.15) is 17.0 Å². The summed E-state index contributed by atoms with van der Waals surface area (Å²) in [6.45, 7) is 4.09. The molecular weight excluding hydrogens is 490 g/mol. The molecule has 38 heavy (non-hydrogen) atoms. The molecular formula is C27H24F2N8O. The summed E-state index contributed by atoms with van der Waals surface area (Å²) in [7, 11) is 3.95. The zero-order valence-electron chi connectivity index (χ0n) is 20.7. The van der Waals surface area contributed by atoms with E-state index in [9.17, 15) is 4.79 Å². The van der Waals surface area contributed by atoms with Crippen LogP contribution in [0.5, 0.6) is 0 Å². The van der Waals surface area contributed by atoms with E-state index in [4.69, 9.17) is 0 Å². The van der Waals surface area contributed by atoms with Gasteiger partial charge in [0.05, 0.1) is 17.5 Å². The van der Waals surface area contributed by atoms with Gasteiger partial charge in [0.25, 0.3) is 0 Å². The molecule has 5 rings (SSSR count). The molecule has 192 valence electrons. The zero-order chi connectivity index (χ0) is 26.9. The van der Waals surface area contributed by atoms with Crippen LogP contribution >= 0.6 is 0 Å². The van der Waals surface area contributed by atoms with E-state index >= 15 is 8.78 Å². The number of amides is 1. The summed E-state index contributed by atoms with van der Waals surface area (Å²) in [5.41, 5.74) is 1.76. The molecule has 11 heteroatoms. The number of carbonyl (C=O) groups is 1. The van der Waals surface area contributed by atoms with Gasteiger partial charge in [-0.2, -0.15) is 13.8 Å². The number of carbonyl (C=O) groups excluding carboxylic acids is 1. The number of hydrogen-bond donors (Lipinski definition) is 3. The standard InChI is InChI=1S/C27H24F2N8O/c1-4-22(38)33-18-7-5-6-17(13-18)27(28,29)24-23-25(31-15-30-23)36-26(35-24)34-19-10-11-21-16(12-19)8-9-20(32-21)14-37(2)3/h4-13,15H,1,14H2,2-3H3,(H,33,38)(H2,30,31,34,35,36). The Morgan fingerprint density at radius 3 is 2.71 bits per heavy atom. The van der Waals surface area contributed by atoms with Gasteiger partial charge < -0.3 is 20.5 Å². The Balaban J connectivity index is 1.49. The third kappa shape index (κ3) is 5.04. The zero-order valence-corrected chi connectivity index (χ0v) is 20.7. The number of hydrogen-bond acceptors (Lipinski definition) is 7. The van der Waals surface area contributed by atoms with Crippen molar-refractivity contribution in [2.75, 3.05) is 24.7 Å². The van der Waals surface area contributed by atoms with Crippen molar-refractivity contribution < 1.29 is 13.6 Å². The van der Waals surface area contributed by atoms with Gasteiger partial charge in [-0.1, -0.05) is 24.8 Å². The van der Waals surface area contributed by atoms with Gasteiger partial charge in [-0.25, -0.2) is 9.97 Å². The summed E-state index contributed by atoms with van der Waals surface area (Å²) < 4.78 is 31.7. The number of halogens is 2. The third-order valence-electron chi connectivity index (χ3n) is 5.74. The second-order valence-corrected chi connectivity index (χ2v) is 8.92. The maximum absolute atomic E-state index is 15.8. The van der Waals surface area contributed by atoms with Gasteiger partial charge in [-0.15, -0.1) is 0 Å². The molecule has 9 nitrogen and oxygen atoms in total. The van der Waals surface area contributed by atoms with Crippen molar-refractivity contribution in [3.8, 4) is 0 Å². The number of nitrogens with zero attached hydrogens (tertiary/aromatic N) is 5. The summed E-state index contributed by atoms with van der Waals surface area (Å²) in [6, 6.07) is 14.8. The molecule has 0 aliphatic rings. The lowest BCUT2D eigenvalue weighted by Crippen LogP contribution is -2.20. The molecule has 3 aromatic heterocycles. The summed E-state index contributed by atoms with van der Waals surface area (Å²) in [5, 5.41) is 6.39. The molecule has 0 aliphatic heterocycles. The highest BCUT2D eigenvalue weighted by Crippen LogP contribution is 2.38. The smallest absolute Gasteiger partial charge is 0.317 e. The Morgan fingerprint density at radius 1 is 1.08 bits per heavy atom. The van der Waals surface area contributed by atoms with Crippen LogP contribution in [0.25, 0.3) is 22.1 Å². The molecule has 2 aromatic carbocycles. The molecule has 0 saturated heterocycles.